The number of hydrogen-bond acceptors (Lipinski definition) is 2. The van der Waals surface area contributed by atoms with Gasteiger partial charge in [0.25, 0.3) is 0 Å². The third-order valence-corrected chi connectivity index (χ3v) is 4.72. The zero-order chi connectivity index (χ0) is 12.8. The fraction of sp³-hybridized carbons (Fsp3) is 1.00. The van der Waals surface area contributed by atoms with Crippen molar-refractivity contribution in [3.8, 4) is 0 Å². The Hall–Kier alpha value is -0.0800. The van der Waals surface area contributed by atoms with Gasteiger partial charge in [-0.1, -0.05) is 12.8 Å². The smallest absolute Gasteiger partial charge is 0.0518 e. The summed E-state index contributed by atoms with van der Waals surface area (Å²) >= 11 is 0. The van der Waals surface area contributed by atoms with E-state index >= 15 is 0 Å². The molecule has 0 unspecified atom stereocenters. The normalized spacial score (nSPS) is 21.3. The average Bonchev–Trinajstić information content (AvgIpc) is 2.17. The highest BCUT2D eigenvalue weighted by atomic mass is 16.5. The van der Waals surface area contributed by atoms with Crippen molar-refractivity contribution in [2.75, 3.05) is 13.2 Å². The first kappa shape index (κ1) is 14.3. The van der Waals surface area contributed by atoms with Gasteiger partial charge in [-0.15, -0.1) is 0 Å². The fourth-order valence-electron chi connectivity index (χ4n) is 3.13. The minimum atomic E-state index is 0.385. The van der Waals surface area contributed by atoms with E-state index in [1.807, 2.05) is 0 Å². The van der Waals surface area contributed by atoms with Crippen LogP contribution in [0.3, 0.4) is 0 Å². The van der Waals surface area contributed by atoms with Gasteiger partial charge < -0.3 is 10.1 Å². The van der Waals surface area contributed by atoms with Crippen LogP contribution in [0, 0.1) is 11.8 Å². The summed E-state index contributed by atoms with van der Waals surface area (Å²) in [7, 11) is 0. The molecule has 0 spiro atoms. The maximum absolute atomic E-state index is 5.58. The second-order valence-electron chi connectivity index (χ2n) is 6.49. The van der Waals surface area contributed by atoms with Gasteiger partial charge >= 0.3 is 0 Å². The van der Waals surface area contributed by atoms with Gasteiger partial charge in [-0.05, 0) is 70.8 Å². The molecule has 0 atom stereocenters. The zero-order valence-corrected chi connectivity index (χ0v) is 12.3. The molecule has 0 aromatic carbocycles. The highest BCUT2D eigenvalue weighted by molar-refractivity contribution is 4.91. The highest BCUT2D eigenvalue weighted by Gasteiger charge is 2.35. The van der Waals surface area contributed by atoms with Crippen LogP contribution in [-0.4, -0.2) is 25.3 Å². The second kappa shape index (κ2) is 7.49. The summed E-state index contributed by atoms with van der Waals surface area (Å²) in [5, 5.41) is 3.86. The van der Waals surface area contributed by atoms with E-state index in [1.54, 1.807) is 0 Å². The van der Waals surface area contributed by atoms with Crippen LogP contribution in [-0.2, 0) is 4.74 Å². The van der Waals surface area contributed by atoms with Crippen LogP contribution in [0.25, 0.3) is 0 Å². The zero-order valence-electron chi connectivity index (χ0n) is 12.3. The van der Waals surface area contributed by atoms with Crippen molar-refractivity contribution in [1.82, 2.24) is 5.32 Å². The molecule has 2 nitrogen and oxygen atoms in total. The lowest BCUT2D eigenvalue weighted by Gasteiger charge is -2.43. The van der Waals surface area contributed by atoms with Crippen molar-refractivity contribution >= 4 is 0 Å². The highest BCUT2D eigenvalue weighted by Crippen LogP contribution is 2.39. The van der Waals surface area contributed by atoms with Crippen LogP contribution in [0.2, 0.25) is 0 Å². The van der Waals surface area contributed by atoms with Crippen LogP contribution >= 0.6 is 0 Å². The molecule has 2 saturated carbocycles. The minimum Gasteiger partial charge on any atom is -0.379 e. The number of hydrogen-bond donors (Lipinski definition) is 1. The molecule has 2 aliphatic rings. The molecule has 2 heteroatoms. The van der Waals surface area contributed by atoms with Crippen molar-refractivity contribution in [2.24, 2.45) is 11.8 Å². The van der Waals surface area contributed by atoms with Crippen LogP contribution in [0.5, 0.6) is 0 Å². The minimum absolute atomic E-state index is 0.385. The van der Waals surface area contributed by atoms with E-state index < -0.39 is 0 Å². The topological polar surface area (TPSA) is 21.3 Å². The summed E-state index contributed by atoms with van der Waals surface area (Å²) < 4.78 is 5.58. The van der Waals surface area contributed by atoms with Crippen LogP contribution in [0.1, 0.15) is 65.2 Å². The van der Waals surface area contributed by atoms with Crippen LogP contribution in [0.4, 0.5) is 0 Å². The van der Waals surface area contributed by atoms with Crippen LogP contribution < -0.4 is 5.32 Å². The lowest BCUT2D eigenvalue weighted by atomic mass is 9.68. The second-order valence-corrected chi connectivity index (χ2v) is 6.49. The molecule has 2 fully saturated rings. The molecule has 106 valence electrons. The molecular weight excluding hydrogens is 222 g/mol. The van der Waals surface area contributed by atoms with E-state index in [0.717, 1.165) is 24.5 Å². The predicted octanol–water partition coefficient (Wildman–Crippen LogP) is 3.75. The first-order chi connectivity index (χ1) is 8.77. The van der Waals surface area contributed by atoms with Crippen LogP contribution in [0.15, 0.2) is 0 Å². The third-order valence-electron chi connectivity index (χ3n) is 4.72. The van der Waals surface area contributed by atoms with Gasteiger partial charge in [0, 0.05) is 12.6 Å². The van der Waals surface area contributed by atoms with Gasteiger partial charge in [0.1, 0.15) is 0 Å². The molecule has 0 aliphatic heterocycles. The van der Waals surface area contributed by atoms with Gasteiger partial charge in [0.2, 0.25) is 0 Å². The quantitative estimate of drug-likeness (QED) is 0.632. The lowest BCUT2D eigenvalue weighted by Crippen LogP contribution is -2.47. The summed E-state index contributed by atoms with van der Waals surface area (Å²) in [6.45, 7) is 6.35. The van der Waals surface area contributed by atoms with E-state index in [-0.39, 0.29) is 0 Å². The molecule has 0 aromatic rings. The molecule has 1 N–H and O–H groups in total. The maximum atomic E-state index is 5.58. The Labute approximate surface area is 113 Å². The Morgan fingerprint density at radius 2 is 1.61 bits per heavy atom. The maximum Gasteiger partial charge on any atom is 0.0518 e. The van der Waals surface area contributed by atoms with Gasteiger partial charge in [-0.25, -0.2) is 0 Å². The van der Waals surface area contributed by atoms with Crippen molar-refractivity contribution in [3.63, 3.8) is 0 Å². The van der Waals surface area contributed by atoms with Gasteiger partial charge in [0.15, 0.2) is 0 Å². The standard InChI is InChI=1S/C16H31NO/c1-13(2)18-12-4-3-11-17-16(14-7-5-8-14)15-9-6-10-15/h13-17H,3-12H2,1-2H3. The Morgan fingerprint density at radius 1 is 1.00 bits per heavy atom. The van der Waals surface area contributed by atoms with Gasteiger partial charge in [-0.3, -0.25) is 0 Å². The number of rotatable bonds is 9. The van der Waals surface area contributed by atoms with E-state index in [4.69, 9.17) is 4.74 Å². The average molecular weight is 253 g/mol. The fourth-order valence-corrected chi connectivity index (χ4v) is 3.13. The summed E-state index contributed by atoms with van der Waals surface area (Å²) in [5.74, 6) is 2.00. The number of ether oxygens (including phenoxy) is 1. The van der Waals surface area contributed by atoms with Crippen molar-refractivity contribution in [3.05, 3.63) is 0 Å². The molecule has 18 heavy (non-hydrogen) atoms. The van der Waals surface area contributed by atoms with Gasteiger partial charge in [0.05, 0.1) is 6.10 Å². The Balaban J connectivity index is 1.54. The number of unbranched alkanes of at least 4 members (excludes halogenated alkanes) is 1. The van der Waals surface area contributed by atoms with Crippen molar-refractivity contribution in [2.45, 2.75) is 77.4 Å². The SMILES string of the molecule is CC(C)OCCCCNC(C1CCC1)C1CCC1. The summed E-state index contributed by atoms with van der Waals surface area (Å²) in [5.41, 5.74) is 0. The van der Waals surface area contributed by atoms with E-state index in [1.165, 1.54) is 57.9 Å². The molecule has 2 rings (SSSR count). The third kappa shape index (κ3) is 4.24. The van der Waals surface area contributed by atoms with Gasteiger partial charge in [-0.2, -0.15) is 0 Å². The monoisotopic (exact) mass is 253 g/mol. The van der Waals surface area contributed by atoms with Crippen molar-refractivity contribution in [1.29, 1.82) is 0 Å². The molecule has 0 saturated heterocycles. The molecule has 0 radical (unpaired) electrons. The number of nitrogens with one attached hydrogen (secondary N) is 1. The molecule has 0 aromatic heterocycles. The van der Waals surface area contributed by atoms with E-state index in [9.17, 15) is 0 Å². The lowest BCUT2D eigenvalue weighted by molar-refractivity contribution is 0.0747. The predicted molar refractivity (Wildman–Crippen MR) is 76.8 cm³/mol. The molecule has 0 amide bonds. The Kier molecular flexibility index (Phi) is 5.97. The van der Waals surface area contributed by atoms with E-state index in [2.05, 4.69) is 19.2 Å². The Morgan fingerprint density at radius 3 is 2.06 bits per heavy atom. The summed E-state index contributed by atoms with van der Waals surface area (Å²) in [6.07, 6.45) is 11.7. The molecule has 0 heterocycles. The molecule has 0 bridgehead atoms. The van der Waals surface area contributed by atoms with E-state index in [0.29, 0.717) is 6.10 Å². The molecule has 2 aliphatic carbocycles. The Bertz CT molecular complexity index is 207. The molecular formula is C16H31NO. The van der Waals surface area contributed by atoms with Crippen molar-refractivity contribution < 1.29 is 4.74 Å². The first-order valence-electron chi connectivity index (χ1n) is 8.12. The first-order valence-corrected chi connectivity index (χ1v) is 8.12. The summed E-state index contributed by atoms with van der Waals surface area (Å²) in [4.78, 5) is 0. The largest absolute Gasteiger partial charge is 0.379 e. The summed E-state index contributed by atoms with van der Waals surface area (Å²) in [6, 6.07) is 0.846.